The summed E-state index contributed by atoms with van der Waals surface area (Å²) < 4.78 is 13.9. The predicted molar refractivity (Wildman–Crippen MR) is 75.7 cm³/mol. The van der Waals surface area contributed by atoms with Crippen molar-refractivity contribution in [1.29, 1.82) is 0 Å². The van der Waals surface area contributed by atoms with Crippen LogP contribution in [-0.2, 0) is 11.3 Å². The Morgan fingerprint density at radius 3 is 2.68 bits per heavy atom. The molecule has 0 aromatic heterocycles. The molecular weight excluding hydrogens is 245 g/mol. The van der Waals surface area contributed by atoms with Gasteiger partial charge in [0.15, 0.2) is 0 Å². The highest BCUT2D eigenvalue weighted by Gasteiger charge is 2.15. The van der Waals surface area contributed by atoms with E-state index in [2.05, 4.69) is 10.6 Å². The van der Waals surface area contributed by atoms with Crippen LogP contribution in [0.1, 0.15) is 19.4 Å². The summed E-state index contributed by atoms with van der Waals surface area (Å²) in [4.78, 5) is 13.4. The summed E-state index contributed by atoms with van der Waals surface area (Å²) in [6, 6.07) is 5.02. The Bertz CT molecular complexity index is 435. The molecule has 0 spiro atoms. The molecule has 0 atom stereocenters. The van der Waals surface area contributed by atoms with Gasteiger partial charge < -0.3 is 15.5 Å². The van der Waals surface area contributed by atoms with E-state index in [1.807, 2.05) is 19.9 Å². The number of nitrogens with one attached hydrogen (secondary N) is 2. The summed E-state index contributed by atoms with van der Waals surface area (Å²) in [5.74, 6) is -0.427. The number of halogens is 1. The van der Waals surface area contributed by atoms with Crippen molar-refractivity contribution in [3.8, 4) is 0 Å². The Labute approximate surface area is 114 Å². The maximum Gasteiger partial charge on any atom is 0.239 e. The topological polar surface area (TPSA) is 44.4 Å². The van der Waals surface area contributed by atoms with Crippen LogP contribution < -0.4 is 15.5 Å². The monoisotopic (exact) mass is 267 g/mol. The van der Waals surface area contributed by atoms with Gasteiger partial charge in [-0.2, -0.15) is 0 Å². The van der Waals surface area contributed by atoms with Gasteiger partial charge >= 0.3 is 0 Å². The van der Waals surface area contributed by atoms with Gasteiger partial charge in [0.1, 0.15) is 5.82 Å². The zero-order valence-corrected chi connectivity index (χ0v) is 12.0. The summed E-state index contributed by atoms with van der Waals surface area (Å²) in [5.41, 5.74) is 1.30. The van der Waals surface area contributed by atoms with E-state index in [4.69, 9.17) is 0 Å². The molecule has 1 amide bonds. The Hall–Kier alpha value is -1.62. The van der Waals surface area contributed by atoms with Crippen molar-refractivity contribution in [2.75, 3.05) is 25.5 Å². The quantitative estimate of drug-likeness (QED) is 0.821. The minimum absolute atomic E-state index is 0.0818. The summed E-state index contributed by atoms with van der Waals surface area (Å²) in [7, 11) is 3.53. The molecule has 1 aromatic rings. The molecule has 106 valence electrons. The summed E-state index contributed by atoms with van der Waals surface area (Å²) >= 11 is 0. The van der Waals surface area contributed by atoms with E-state index in [-0.39, 0.29) is 24.3 Å². The standard InChI is InChI=1S/C14H22FN3O/c1-10(2)17-13(19)9-18(4)14-11(8-16-3)6-5-7-12(14)15/h5-7,10,16H,8-9H2,1-4H3,(H,17,19). The molecule has 1 rings (SSSR count). The normalized spacial score (nSPS) is 10.6. The summed E-state index contributed by atoms with van der Waals surface area (Å²) in [6.07, 6.45) is 0. The van der Waals surface area contributed by atoms with Crippen LogP contribution in [0.3, 0.4) is 0 Å². The van der Waals surface area contributed by atoms with Crippen molar-refractivity contribution in [1.82, 2.24) is 10.6 Å². The van der Waals surface area contributed by atoms with Gasteiger partial charge in [0.25, 0.3) is 0 Å². The van der Waals surface area contributed by atoms with Gasteiger partial charge in [0.2, 0.25) is 5.91 Å². The highest BCUT2D eigenvalue weighted by molar-refractivity contribution is 5.81. The van der Waals surface area contributed by atoms with Crippen LogP contribution in [0.25, 0.3) is 0 Å². The summed E-state index contributed by atoms with van der Waals surface area (Å²) in [6.45, 7) is 4.49. The van der Waals surface area contributed by atoms with Crippen molar-refractivity contribution in [2.45, 2.75) is 26.4 Å². The number of para-hydroxylation sites is 1. The van der Waals surface area contributed by atoms with Crippen LogP contribution in [0.5, 0.6) is 0 Å². The predicted octanol–water partition coefficient (Wildman–Crippen LogP) is 1.51. The molecule has 0 fully saturated rings. The van der Waals surface area contributed by atoms with Gasteiger partial charge in [0, 0.05) is 19.6 Å². The number of benzene rings is 1. The number of rotatable bonds is 6. The molecule has 0 radical (unpaired) electrons. The molecule has 0 aliphatic heterocycles. The van der Waals surface area contributed by atoms with Crippen LogP contribution in [0.15, 0.2) is 18.2 Å². The first-order chi connectivity index (χ1) is 8.95. The van der Waals surface area contributed by atoms with Crippen LogP contribution in [-0.4, -0.2) is 32.6 Å². The van der Waals surface area contributed by atoms with Crippen molar-refractivity contribution < 1.29 is 9.18 Å². The number of carbonyl (C=O) groups excluding carboxylic acids is 1. The fraction of sp³-hybridized carbons (Fsp3) is 0.500. The fourth-order valence-corrected chi connectivity index (χ4v) is 1.98. The van der Waals surface area contributed by atoms with Gasteiger partial charge in [-0.05, 0) is 32.5 Å². The lowest BCUT2D eigenvalue weighted by Gasteiger charge is -2.23. The Morgan fingerprint density at radius 2 is 2.11 bits per heavy atom. The third kappa shape index (κ3) is 4.52. The number of hydrogen-bond donors (Lipinski definition) is 2. The van der Waals surface area contributed by atoms with E-state index in [1.165, 1.54) is 6.07 Å². The third-order valence-electron chi connectivity index (χ3n) is 2.65. The second-order valence-corrected chi connectivity index (χ2v) is 4.86. The summed E-state index contributed by atoms with van der Waals surface area (Å²) in [5, 5.41) is 5.79. The van der Waals surface area contributed by atoms with Crippen LogP contribution in [0.2, 0.25) is 0 Å². The number of nitrogens with zero attached hydrogens (tertiary/aromatic N) is 1. The van der Waals surface area contributed by atoms with Gasteiger partial charge in [-0.1, -0.05) is 12.1 Å². The number of likely N-dealkylation sites (N-methyl/N-ethyl adjacent to an activating group) is 1. The lowest BCUT2D eigenvalue weighted by molar-refractivity contribution is -0.120. The lowest BCUT2D eigenvalue weighted by atomic mass is 10.1. The number of amides is 1. The molecular formula is C14H22FN3O. The first-order valence-corrected chi connectivity index (χ1v) is 6.38. The SMILES string of the molecule is CNCc1cccc(F)c1N(C)CC(=O)NC(C)C. The van der Waals surface area contributed by atoms with E-state index >= 15 is 0 Å². The van der Waals surface area contributed by atoms with Crippen molar-refractivity contribution in [3.63, 3.8) is 0 Å². The van der Waals surface area contributed by atoms with E-state index in [0.717, 1.165) is 5.56 Å². The Morgan fingerprint density at radius 1 is 1.42 bits per heavy atom. The molecule has 4 nitrogen and oxygen atoms in total. The van der Waals surface area contributed by atoms with Crippen molar-refractivity contribution in [2.24, 2.45) is 0 Å². The Balaban J connectivity index is 2.86. The van der Waals surface area contributed by atoms with Gasteiger partial charge in [-0.25, -0.2) is 4.39 Å². The minimum atomic E-state index is -0.312. The smallest absolute Gasteiger partial charge is 0.239 e. The lowest BCUT2D eigenvalue weighted by Crippen LogP contribution is -2.39. The molecule has 0 aliphatic carbocycles. The second-order valence-electron chi connectivity index (χ2n) is 4.86. The highest BCUT2D eigenvalue weighted by atomic mass is 19.1. The molecule has 19 heavy (non-hydrogen) atoms. The molecule has 1 aromatic carbocycles. The fourth-order valence-electron chi connectivity index (χ4n) is 1.98. The molecule has 2 N–H and O–H groups in total. The average molecular weight is 267 g/mol. The van der Waals surface area contributed by atoms with Gasteiger partial charge in [0.05, 0.1) is 12.2 Å². The minimum Gasteiger partial charge on any atom is -0.363 e. The maximum absolute atomic E-state index is 13.9. The van der Waals surface area contributed by atoms with Crippen LogP contribution in [0, 0.1) is 5.82 Å². The Kier molecular flexibility index (Phi) is 5.76. The number of hydrogen-bond acceptors (Lipinski definition) is 3. The molecule has 0 unspecified atom stereocenters. The third-order valence-corrected chi connectivity index (χ3v) is 2.65. The van der Waals surface area contributed by atoms with Gasteiger partial charge in [-0.3, -0.25) is 4.79 Å². The van der Waals surface area contributed by atoms with Crippen molar-refractivity contribution >= 4 is 11.6 Å². The molecule has 0 bridgehead atoms. The maximum atomic E-state index is 13.9. The zero-order valence-electron chi connectivity index (χ0n) is 12.0. The van der Waals surface area contributed by atoms with E-state index in [9.17, 15) is 9.18 Å². The highest BCUT2D eigenvalue weighted by Crippen LogP contribution is 2.23. The van der Waals surface area contributed by atoms with Gasteiger partial charge in [-0.15, -0.1) is 0 Å². The number of carbonyl (C=O) groups is 1. The average Bonchev–Trinajstić information content (AvgIpc) is 2.27. The second kappa shape index (κ2) is 7.09. The van der Waals surface area contributed by atoms with Crippen molar-refractivity contribution in [3.05, 3.63) is 29.6 Å². The molecule has 0 saturated heterocycles. The number of anilines is 1. The molecule has 0 aliphatic rings. The van der Waals surface area contributed by atoms with E-state index in [0.29, 0.717) is 12.2 Å². The first kappa shape index (κ1) is 15.4. The van der Waals surface area contributed by atoms with E-state index < -0.39 is 0 Å². The molecule has 0 saturated carbocycles. The molecule has 0 heterocycles. The first-order valence-electron chi connectivity index (χ1n) is 6.38. The largest absolute Gasteiger partial charge is 0.363 e. The zero-order chi connectivity index (χ0) is 14.4. The van der Waals surface area contributed by atoms with Crippen LogP contribution in [0.4, 0.5) is 10.1 Å². The van der Waals surface area contributed by atoms with E-state index in [1.54, 1.807) is 25.1 Å². The molecule has 5 heteroatoms. The van der Waals surface area contributed by atoms with Crippen LogP contribution >= 0.6 is 0 Å².